The molecule has 0 bridgehead atoms. The maximum atomic E-state index is 12.6. The fourth-order valence-corrected chi connectivity index (χ4v) is 4.90. The molecular formula is C24H38N2O2. The van der Waals surface area contributed by atoms with Gasteiger partial charge in [0.2, 0.25) is 5.91 Å². The fraction of sp³-hybridized carbons (Fsp3) is 0.708. The number of piperidine rings is 1. The smallest absolute Gasteiger partial charge is 0.222 e. The predicted molar refractivity (Wildman–Crippen MR) is 114 cm³/mol. The summed E-state index contributed by atoms with van der Waals surface area (Å²) in [6, 6.07) is 8.97. The first-order valence-corrected chi connectivity index (χ1v) is 10.8. The molecule has 1 amide bonds. The molecule has 2 aliphatic heterocycles. The van der Waals surface area contributed by atoms with Crippen LogP contribution in [-0.4, -0.2) is 53.6 Å². The fourth-order valence-electron chi connectivity index (χ4n) is 4.90. The van der Waals surface area contributed by atoms with Crippen LogP contribution in [0.4, 0.5) is 0 Å². The number of hydrogen-bond acceptors (Lipinski definition) is 3. The predicted octanol–water partition coefficient (Wildman–Crippen LogP) is 3.67. The van der Waals surface area contributed by atoms with Gasteiger partial charge in [0.25, 0.3) is 0 Å². The Morgan fingerprint density at radius 2 is 1.89 bits per heavy atom. The summed E-state index contributed by atoms with van der Waals surface area (Å²) < 4.78 is 0. The second-order valence-electron chi connectivity index (χ2n) is 10.5. The van der Waals surface area contributed by atoms with E-state index in [2.05, 4.69) is 63.8 Å². The summed E-state index contributed by atoms with van der Waals surface area (Å²) >= 11 is 0. The van der Waals surface area contributed by atoms with E-state index in [1.807, 2.05) is 4.90 Å². The van der Waals surface area contributed by atoms with Gasteiger partial charge in [0.05, 0.1) is 6.61 Å². The molecule has 2 aliphatic rings. The average molecular weight is 387 g/mol. The molecule has 1 aromatic rings. The van der Waals surface area contributed by atoms with Crippen LogP contribution in [-0.2, 0) is 16.8 Å². The molecule has 156 valence electrons. The standard InChI is InChI=1S/C24H38N2O2/c1-18(2)12-22(28)26-11-10-21-14-25(15-24(21,16-26)17-27)13-19-6-8-20(9-7-19)23(3,4)5/h6-9,18,21,27H,10-17H2,1-5H3/t21-,24-/m0/s1. The molecule has 0 aliphatic carbocycles. The highest BCUT2D eigenvalue weighted by Crippen LogP contribution is 2.42. The van der Waals surface area contributed by atoms with E-state index in [9.17, 15) is 9.90 Å². The number of nitrogens with zero attached hydrogens (tertiary/aromatic N) is 2. The summed E-state index contributed by atoms with van der Waals surface area (Å²) in [6.45, 7) is 15.4. The molecule has 4 nitrogen and oxygen atoms in total. The van der Waals surface area contributed by atoms with Crippen LogP contribution in [0.5, 0.6) is 0 Å². The van der Waals surface area contributed by atoms with Crippen molar-refractivity contribution in [2.24, 2.45) is 17.3 Å². The summed E-state index contributed by atoms with van der Waals surface area (Å²) in [5.41, 5.74) is 2.70. The monoisotopic (exact) mass is 386 g/mol. The van der Waals surface area contributed by atoms with Gasteiger partial charge in [-0.2, -0.15) is 0 Å². The molecule has 3 rings (SSSR count). The maximum absolute atomic E-state index is 12.6. The average Bonchev–Trinajstić information content (AvgIpc) is 2.98. The molecule has 2 saturated heterocycles. The molecule has 28 heavy (non-hydrogen) atoms. The van der Waals surface area contributed by atoms with Gasteiger partial charge in [0.15, 0.2) is 0 Å². The van der Waals surface area contributed by atoms with E-state index in [1.54, 1.807) is 0 Å². The molecule has 2 fully saturated rings. The molecule has 0 saturated carbocycles. The lowest BCUT2D eigenvalue weighted by Gasteiger charge is -2.43. The first-order chi connectivity index (χ1) is 13.1. The Morgan fingerprint density at radius 1 is 1.21 bits per heavy atom. The molecule has 4 heteroatoms. The number of aliphatic hydroxyl groups is 1. The Labute approximate surface area is 170 Å². The first kappa shape index (κ1) is 21.3. The maximum Gasteiger partial charge on any atom is 0.222 e. The van der Waals surface area contributed by atoms with E-state index >= 15 is 0 Å². The third-order valence-corrected chi connectivity index (χ3v) is 6.61. The number of amides is 1. The SMILES string of the molecule is CC(C)CC(=O)N1CC[C@H]2CN(Cc3ccc(C(C)(C)C)cc3)C[C@@]2(CO)C1. The molecule has 0 radical (unpaired) electrons. The highest BCUT2D eigenvalue weighted by Gasteiger charge is 2.49. The summed E-state index contributed by atoms with van der Waals surface area (Å²) in [4.78, 5) is 17.1. The van der Waals surface area contributed by atoms with Crippen LogP contribution in [0.3, 0.4) is 0 Å². The summed E-state index contributed by atoms with van der Waals surface area (Å²) in [6.07, 6.45) is 1.61. The Kier molecular flexibility index (Phi) is 6.21. The van der Waals surface area contributed by atoms with Crippen LogP contribution in [0.1, 0.15) is 58.6 Å². The molecule has 1 N–H and O–H groups in total. The Bertz CT molecular complexity index is 677. The van der Waals surface area contributed by atoms with Crippen molar-refractivity contribution in [3.05, 3.63) is 35.4 Å². The van der Waals surface area contributed by atoms with Gasteiger partial charge in [0.1, 0.15) is 0 Å². The lowest BCUT2D eigenvalue weighted by molar-refractivity contribution is -0.137. The highest BCUT2D eigenvalue weighted by atomic mass is 16.3. The summed E-state index contributed by atoms with van der Waals surface area (Å²) in [5.74, 6) is 1.11. The van der Waals surface area contributed by atoms with Gasteiger partial charge in [-0.05, 0) is 34.8 Å². The van der Waals surface area contributed by atoms with E-state index in [0.29, 0.717) is 24.8 Å². The molecule has 0 aromatic heterocycles. The second-order valence-corrected chi connectivity index (χ2v) is 10.5. The Morgan fingerprint density at radius 3 is 2.46 bits per heavy atom. The van der Waals surface area contributed by atoms with Crippen LogP contribution in [0.15, 0.2) is 24.3 Å². The van der Waals surface area contributed by atoms with Gasteiger partial charge in [-0.15, -0.1) is 0 Å². The van der Waals surface area contributed by atoms with Gasteiger partial charge in [-0.25, -0.2) is 0 Å². The van der Waals surface area contributed by atoms with E-state index < -0.39 is 0 Å². The zero-order valence-corrected chi connectivity index (χ0v) is 18.4. The van der Waals surface area contributed by atoms with Gasteiger partial charge in [-0.1, -0.05) is 58.9 Å². The number of hydrogen-bond donors (Lipinski definition) is 1. The zero-order valence-electron chi connectivity index (χ0n) is 18.4. The number of likely N-dealkylation sites (tertiary alicyclic amines) is 2. The quantitative estimate of drug-likeness (QED) is 0.840. The third-order valence-electron chi connectivity index (χ3n) is 6.61. The topological polar surface area (TPSA) is 43.8 Å². The summed E-state index contributed by atoms with van der Waals surface area (Å²) in [7, 11) is 0. The van der Waals surface area contributed by atoms with Crippen LogP contribution in [0, 0.1) is 17.3 Å². The van der Waals surface area contributed by atoms with Crippen molar-refractivity contribution in [1.82, 2.24) is 9.80 Å². The van der Waals surface area contributed by atoms with Crippen molar-refractivity contribution in [3.63, 3.8) is 0 Å². The lowest BCUT2D eigenvalue weighted by atomic mass is 9.74. The van der Waals surface area contributed by atoms with Crippen molar-refractivity contribution in [2.75, 3.05) is 32.8 Å². The first-order valence-electron chi connectivity index (χ1n) is 10.8. The number of carbonyl (C=O) groups is 1. The Balaban J connectivity index is 1.65. The van der Waals surface area contributed by atoms with Crippen LogP contribution in [0.25, 0.3) is 0 Å². The number of rotatable bonds is 5. The largest absolute Gasteiger partial charge is 0.396 e. The van der Waals surface area contributed by atoms with Crippen LogP contribution >= 0.6 is 0 Å². The van der Waals surface area contributed by atoms with Crippen molar-refractivity contribution in [2.45, 2.75) is 59.4 Å². The third kappa shape index (κ3) is 4.60. The van der Waals surface area contributed by atoms with Crippen molar-refractivity contribution < 1.29 is 9.90 Å². The minimum atomic E-state index is -0.157. The van der Waals surface area contributed by atoms with E-state index in [4.69, 9.17) is 0 Å². The highest BCUT2D eigenvalue weighted by molar-refractivity contribution is 5.76. The molecule has 2 heterocycles. The Hall–Kier alpha value is -1.39. The molecule has 0 spiro atoms. The van der Waals surface area contributed by atoms with Crippen molar-refractivity contribution in [1.29, 1.82) is 0 Å². The molecule has 0 unspecified atom stereocenters. The van der Waals surface area contributed by atoms with Gasteiger partial charge >= 0.3 is 0 Å². The van der Waals surface area contributed by atoms with Gasteiger partial charge < -0.3 is 10.0 Å². The molecule has 1 aromatic carbocycles. The lowest BCUT2D eigenvalue weighted by Crippen LogP contribution is -2.52. The number of carbonyl (C=O) groups excluding carboxylic acids is 1. The van der Waals surface area contributed by atoms with E-state index in [0.717, 1.165) is 32.6 Å². The van der Waals surface area contributed by atoms with E-state index in [-0.39, 0.29) is 23.3 Å². The number of benzene rings is 1. The summed E-state index contributed by atoms with van der Waals surface area (Å²) in [5, 5.41) is 10.3. The minimum absolute atomic E-state index is 0.157. The van der Waals surface area contributed by atoms with Gasteiger partial charge in [0, 0.05) is 44.6 Å². The normalized spacial score (nSPS) is 26.0. The van der Waals surface area contributed by atoms with E-state index in [1.165, 1.54) is 11.1 Å². The molecular weight excluding hydrogens is 348 g/mol. The zero-order chi connectivity index (χ0) is 20.5. The minimum Gasteiger partial charge on any atom is -0.396 e. The second kappa shape index (κ2) is 8.16. The number of fused-ring (bicyclic) bond motifs is 1. The van der Waals surface area contributed by atoms with Crippen molar-refractivity contribution in [3.8, 4) is 0 Å². The molecule has 2 atom stereocenters. The number of aliphatic hydroxyl groups excluding tert-OH is 1. The van der Waals surface area contributed by atoms with Crippen LogP contribution < -0.4 is 0 Å². The van der Waals surface area contributed by atoms with Crippen molar-refractivity contribution >= 4 is 5.91 Å². The van der Waals surface area contributed by atoms with Crippen LogP contribution in [0.2, 0.25) is 0 Å². The van der Waals surface area contributed by atoms with Gasteiger partial charge in [-0.3, -0.25) is 9.69 Å².